The highest BCUT2D eigenvalue weighted by Gasteiger charge is 2.00. The molecule has 0 amide bonds. The van der Waals surface area contributed by atoms with E-state index in [4.69, 9.17) is 11.6 Å². The average molecular weight is 469 g/mol. The summed E-state index contributed by atoms with van der Waals surface area (Å²) in [5, 5.41) is 4.18. The maximum Gasteiger partial charge on any atom is 0.0479 e. The van der Waals surface area contributed by atoms with Crippen LogP contribution >= 0.6 is 56.8 Å². The van der Waals surface area contributed by atoms with Crippen LogP contribution in [0.1, 0.15) is 5.56 Å². The van der Waals surface area contributed by atoms with E-state index in [0.717, 1.165) is 20.8 Å². The third-order valence-corrected chi connectivity index (χ3v) is 4.17. The number of hydrogen-bond donors (Lipinski definition) is 1. The Balaban J connectivity index is 2.04. The predicted molar refractivity (Wildman–Crippen MR) is 90.7 cm³/mol. The van der Waals surface area contributed by atoms with Crippen LogP contribution in [0.2, 0.25) is 5.02 Å². The first kappa shape index (κ1) is 13.4. The summed E-state index contributed by atoms with van der Waals surface area (Å²) >= 11 is 10.5. The molecule has 88 valence electrons. The van der Waals surface area contributed by atoms with Gasteiger partial charge in [-0.05, 0) is 81.1 Å². The largest absolute Gasteiger partial charge is 0.380 e. The molecule has 0 aliphatic carbocycles. The summed E-state index contributed by atoms with van der Waals surface area (Å²) in [6.45, 7) is 0.828. The van der Waals surface area contributed by atoms with Gasteiger partial charge in [-0.1, -0.05) is 23.7 Å². The number of benzene rings is 2. The summed E-state index contributed by atoms with van der Waals surface area (Å²) in [6, 6.07) is 14.4. The van der Waals surface area contributed by atoms with Crippen LogP contribution in [0.3, 0.4) is 0 Å². The smallest absolute Gasteiger partial charge is 0.0479 e. The maximum atomic E-state index is 5.92. The zero-order valence-electron chi connectivity index (χ0n) is 8.88. The Morgan fingerprint density at radius 3 is 2.35 bits per heavy atom. The number of nitrogens with one attached hydrogen (secondary N) is 1. The highest BCUT2D eigenvalue weighted by molar-refractivity contribution is 14.1. The van der Waals surface area contributed by atoms with Crippen LogP contribution in [0.4, 0.5) is 5.69 Å². The van der Waals surface area contributed by atoms with Crippen LogP contribution < -0.4 is 5.32 Å². The second-order valence-corrected chi connectivity index (χ2v) is 6.45. The highest BCUT2D eigenvalue weighted by atomic mass is 127. The first-order valence-electron chi connectivity index (χ1n) is 5.08. The van der Waals surface area contributed by atoms with Crippen LogP contribution in [-0.2, 0) is 6.54 Å². The van der Waals surface area contributed by atoms with E-state index in [1.54, 1.807) is 0 Å². The molecular weight excluding hydrogens is 459 g/mol. The van der Waals surface area contributed by atoms with Crippen molar-refractivity contribution in [2.75, 3.05) is 5.32 Å². The Morgan fingerprint density at radius 2 is 1.71 bits per heavy atom. The molecule has 0 spiro atoms. The minimum absolute atomic E-state index is 0.772. The van der Waals surface area contributed by atoms with Gasteiger partial charge in [0.15, 0.2) is 0 Å². The topological polar surface area (TPSA) is 12.0 Å². The van der Waals surface area contributed by atoms with Gasteiger partial charge in [0.1, 0.15) is 0 Å². The number of halogens is 3. The zero-order valence-corrected chi connectivity index (χ0v) is 14.0. The summed E-state index contributed by atoms with van der Waals surface area (Å²) in [4.78, 5) is 0. The van der Waals surface area contributed by atoms with Gasteiger partial charge in [0.05, 0.1) is 0 Å². The van der Waals surface area contributed by atoms with E-state index in [0.29, 0.717) is 0 Å². The lowest BCUT2D eigenvalue weighted by Crippen LogP contribution is -2.00. The second-order valence-electron chi connectivity index (χ2n) is 3.60. The van der Waals surface area contributed by atoms with E-state index in [1.807, 2.05) is 18.2 Å². The number of anilines is 1. The van der Waals surface area contributed by atoms with Crippen LogP contribution in [-0.4, -0.2) is 0 Å². The van der Waals surface area contributed by atoms with Gasteiger partial charge in [0.2, 0.25) is 0 Å². The standard InChI is InChI=1S/C13H10ClI2N/c14-10-3-6-13(12(16)7-10)17-8-9-1-4-11(15)5-2-9/h1-7,17H,8H2. The molecule has 0 bridgehead atoms. The van der Waals surface area contributed by atoms with Gasteiger partial charge in [-0.25, -0.2) is 0 Å². The van der Waals surface area contributed by atoms with E-state index >= 15 is 0 Å². The Bertz CT molecular complexity index is 511. The fourth-order valence-corrected chi connectivity index (χ4v) is 2.85. The first-order chi connectivity index (χ1) is 8.15. The number of hydrogen-bond acceptors (Lipinski definition) is 1. The van der Waals surface area contributed by atoms with Gasteiger partial charge in [-0.15, -0.1) is 0 Å². The third-order valence-electron chi connectivity index (χ3n) is 2.33. The van der Waals surface area contributed by atoms with Crippen molar-refractivity contribution in [3.8, 4) is 0 Å². The third kappa shape index (κ3) is 3.99. The van der Waals surface area contributed by atoms with Crippen molar-refractivity contribution in [1.29, 1.82) is 0 Å². The second kappa shape index (κ2) is 6.24. The van der Waals surface area contributed by atoms with Gasteiger partial charge in [-0.3, -0.25) is 0 Å². The van der Waals surface area contributed by atoms with Crippen molar-refractivity contribution in [1.82, 2.24) is 0 Å². The quantitative estimate of drug-likeness (QED) is 0.613. The molecule has 0 fully saturated rings. The molecule has 0 saturated carbocycles. The predicted octanol–water partition coefficient (Wildman–Crippen LogP) is 5.16. The molecular formula is C13H10ClI2N. The summed E-state index contributed by atoms with van der Waals surface area (Å²) in [7, 11) is 0. The van der Waals surface area contributed by atoms with E-state index < -0.39 is 0 Å². The molecule has 2 aromatic carbocycles. The van der Waals surface area contributed by atoms with Gasteiger partial charge < -0.3 is 5.32 Å². The molecule has 2 aromatic rings. The zero-order chi connectivity index (χ0) is 12.3. The van der Waals surface area contributed by atoms with Crippen molar-refractivity contribution >= 4 is 62.5 Å². The fourth-order valence-electron chi connectivity index (χ4n) is 1.43. The summed E-state index contributed by atoms with van der Waals surface area (Å²) in [5.41, 5.74) is 2.39. The lowest BCUT2D eigenvalue weighted by atomic mass is 10.2. The van der Waals surface area contributed by atoms with Gasteiger partial charge in [0.25, 0.3) is 0 Å². The fraction of sp³-hybridized carbons (Fsp3) is 0.0769. The summed E-state index contributed by atoms with van der Waals surface area (Å²) in [6.07, 6.45) is 0. The van der Waals surface area contributed by atoms with Crippen molar-refractivity contribution in [3.05, 3.63) is 60.2 Å². The van der Waals surface area contributed by atoms with Crippen molar-refractivity contribution in [3.63, 3.8) is 0 Å². The van der Waals surface area contributed by atoms with E-state index in [-0.39, 0.29) is 0 Å². The molecule has 0 aliphatic rings. The van der Waals surface area contributed by atoms with Crippen LogP contribution in [0.25, 0.3) is 0 Å². The van der Waals surface area contributed by atoms with Gasteiger partial charge >= 0.3 is 0 Å². The first-order valence-corrected chi connectivity index (χ1v) is 7.62. The van der Waals surface area contributed by atoms with Crippen LogP contribution in [0, 0.1) is 7.14 Å². The Labute approximate surface area is 133 Å². The minimum Gasteiger partial charge on any atom is -0.380 e. The molecule has 1 nitrogen and oxygen atoms in total. The van der Waals surface area contributed by atoms with Gasteiger partial charge in [0, 0.05) is 24.4 Å². The van der Waals surface area contributed by atoms with E-state index in [1.165, 1.54) is 9.13 Å². The lowest BCUT2D eigenvalue weighted by Gasteiger charge is -2.09. The number of rotatable bonds is 3. The molecule has 0 radical (unpaired) electrons. The Morgan fingerprint density at radius 1 is 1.00 bits per heavy atom. The molecule has 17 heavy (non-hydrogen) atoms. The van der Waals surface area contributed by atoms with Crippen LogP contribution in [0.15, 0.2) is 42.5 Å². The monoisotopic (exact) mass is 469 g/mol. The lowest BCUT2D eigenvalue weighted by molar-refractivity contribution is 1.14. The average Bonchev–Trinajstić information content (AvgIpc) is 2.30. The summed E-state index contributed by atoms with van der Waals surface area (Å²) in [5.74, 6) is 0. The Kier molecular flexibility index (Phi) is 4.93. The molecule has 2 rings (SSSR count). The van der Waals surface area contributed by atoms with Crippen molar-refractivity contribution in [2.45, 2.75) is 6.54 Å². The molecule has 4 heteroatoms. The van der Waals surface area contributed by atoms with E-state index in [2.05, 4.69) is 74.8 Å². The maximum absolute atomic E-state index is 5.92. The van der Waals surface area contributed by atoms with Gasteiger partial charge in [-0.2, -0.15) is 0 Å². The van der Waals surface area contributed by atoms with E-state index in [9.17, 15) is 0 Å². The normalized spacial score (nSPS) is 10.3. The molecule has 0 saturated heterocycles. The molecule has 0 aliphatic heterocycles. The minimum atomic E-state index is 0.772. The molecule has 0 atom stereocenters. The SMILES string of the molecule is Clc1ccc(NCc2ccc(I)cc2)c(I)c1. The van der Waals surface area contributed by atoms with Crippen LogP contribution in [0.5, 0.6) is 0 Å². The molecule has 0 heterocycles. The highest BCUT2D eigenvalue weighted by Crippen LogP contribution is 2.22. The Hall–Kier alpha value is -0.0100. The summed E-state index contributed by atoms with van der Waals surface area (Å²) < 4.78 is 2.40. The molecule has 0 aromatic heterocycles. The van der Waals surface area contributed by atoms with Crippen molar-refractivity contribution in [2.24, 2.45) is 0 Å². The molecule has 0 unspecified atom stereocenters. The molecule has 1 N–H and O–H groups in total. The van der Waals surface area contributed by atoms with Crippen molar-refractivity contribution < 1.29 is 0 Å².